The number of hydroxylamine groups is 1. The third-order valence-corrected chi connectivity index (χ3v) is 4.28. The number of hydrogen-bond donors (Lipinski definition) is 5. The van der Waals surface area contributed by atoms with Crippen molar-refractivity contribution in [2.75, 3.05) is 18.4 Å². The van der Waals surface area contributed by atoms with Gasteiger partial charge in [-0.1, -0.05) is 22.0 Å². The van der Waals surface area contributed by atoms with Gasteiger partial charge in [-0.3, -0.25) is 25.8 Å². The summed E-state index contributed by atoms with van der Waals surface area (Å²) in [6.07, 6.45) is 0.608. The Kier molecular flexibility index (Phi) is 7.89. The van der Waals surface area contributed by atoms with Crippen LogP contribution in [0.15, 0.2) is 37.3 Å². The normalized spacial score (nSPS) is 12.0. The smallest absolute Gasteiger partial charge is 0.223 e. The second-order valence-corrected chi connectivity index (χ2v) is 6.55. The maximum atomic E-state index is 10.8. The minimum atomic E-state index is -0.276. The van der Waals surface area contributed by atoms with Gasteiger partial charge < -0.3 is 11.1 Å². The average molecular weight is 453 g/mol. The third-order valence-electron chi connectivity index (χ3n) is 3.43. The number of benzene rings is 1. The summed E-state index contributed by atoms with van der Waals surface area (Å²) >= 11 is 3.44. The molecule has 150 valence electrons. The molecule has 6 N–H and O–H groups in total. The highest BCUT2D eigenvalue weighted by Gasteiger charge is 2.16. The molecule has 2 aromatic rings. The number of amides is 1. The number of anilines is 1. The molecule has 0 aliphatic heterocycles. The Morgan fingerprint density at radius 2 is 2.18 bits per heavy atom. The van der Waals surface area contributed by atoms with Crippen molar-refractivity contribution in [3.63, 3.8) is 0 Å². The molecule has 1 heterocycles. The topological polar surface area (TPSA) is 163 Å². The fraction of sp³-hybridized carbons (Fsp3) is 0.312. The standard InChI is InChI=1S/C16H21BrN8O3/c1-9-4-5-11(8-12(9)17)22-15(23-27)13-14(25-28-24-13)19-6-3-7-20-16(18)21-10(2)26/h4-5,8,27H,3,6-7H2,1-2H3,(H,19,25)(H,22,23)(H3,18,20,21,26). The first-order valence-electron chi connectivity index (χ1n) is 8.30. The second kappa shape index (κ2) is 10.4. The van der Waals surface area contributed by atoms with Crippen LogP contribution in [-0.2, 0) is 4.79 Å². The summed E-state index contributed by atoms with van der Waals surface area (Å²) in [5, 5.41) is 22.4. The van der Waals surface area contributed by atoms with Gasteiger partial charge in [-0.25, -0.2) is 9.62 Å². The highest BCUT2D eigenvalue weighted by atomic mass is 79.9. The van der Waals surface area contributed by atoms with E-state index in [1.165, 1.54) is 6.92 Å². The zero-order chi connectivity index (χ0) is 20.5. The second-order valence-electron chi connectivity index (χ2n) is 5.70. The van der Waals surface area contributed by atoms with E-state index >= 15 is 0 Å². The molecule has 0 aliphatic carbocycles. The number of nitrogens with one attached hydrogen (secondary N) is 3. The van der Waals surface area contributed by atoms with Gasteiger partial charge in [-0.2, -0.15) is 0 Å². The van der Waals surface area contributed by atoms with E-state index in [2.05, 4.69) is 46.9 Å². The molecular formula is C16H21BrN8O3. The number of nitrogens with zero attached hydrogens (tertiary/aromatic N) is 4. The van der Waals surface area contributed by atoms with Crippen molar-refractivity contribution < 1.29 is 14.6 Å². The number of guanidine groups is 1. The molecule has 1 aromatic heterocycles. The third kappa shape index (κ3) is 6.32. The minimum Gasteiger partial charge on any atom is -0.370 e. The Bertz CT molecular complexity index is 881. The predicted molar refractivity (Wildman–Crippen MR) is 108 cm³/mol. The Balaban J connectivity index is 2.00. The van der Waals surface area contributed by atoms with Crippen molar-refractivity contribution in [1.82, 2.24) is 21.1 Å². The highest BCUT2D eigenvalue weighted by molar-refractivity contribution is 9.10. The lowest BCUT2D eigenvalue weighted by Gasteiger charge is -2.06. The predicted octanol–water partition coefficient (Wildman–Crippen LogP) is 1.45. The van der Waals surface area contributed by atoms with Gasteiger partial charge >= 0.3 is 0 Å². The summed E-state index contributed by atoms with van der Waals surface area (Å²) in [6.45, 7) is 4.19. The van der Waals surface area contributed by atoms with E-state index in [4.69, 9.17) is 10.4 Å². The number of halogens is 1. The number of nitrogens with two attached hydrogens (primary N) is 1. The lowest BCUT2D eigenvalue weighted by atomic mass is 10.2. The quantitative estimate of drug-likeness (QED) is 0.182. The Morgan fingerprint density at radius 1 is 1.39 bits per heavy atom. The van der Waals surface area contributed by atoms with Crippen LogP contribution in [-0.4, -0.2) is 46.3 Å². The maximum absolute atomic E-state index is 10.8. The van der Waals surface area contributed by atoms with Crippen LogP contribution < -0.4 is 21.8 Å². The SMILES string of the molecule is CC(=O)NC(N)=NCCCNc1nonc1C(=Nc1ccc(C)c(Br)c1)NO. The van der Waals surface area contributed by atoms with Crippen molar-refractivity contribution in [3.8, 4) is 0 Å². The van der Waals surface area contributed by atoms with Gasteiger partial charge in [0.1, 0.15) is 0 Å². The van der Waals surface area contributed by atoms with Gasteiger partial charge in [0.05, 0.1) is 5.69 Å². The first kappa shape index (κ1) is 21.3. The van der Waals surface area contributed by atoms with Crippen molar-refractivity contribution in [2.24, 2.45) is 15.7 Å². The molecule has 0 saturated carbocycles. The molecule has 0 saturated heterocycles. The average Bonchev–Trinajstić information content (AvgIpc) is 3.10. The number of aryl methyl sites for hydroxylation is 1. The molecule has 28 heavy (non-hydrogen) atoms. The van der Waals surface area contributed by atoms with E-state index in [-0.39, 0.29) is 23.4 Å². The van der Waals surface area contributed by atoms with E-state index in [0.717, 1.165) is 10.0 Å². The van der Waals surface area contributed by atoms with E-state index in [0.29, 0.717) is 31.0 Å². The van der Waals surface area contributed by atoms with Gasteiger partial charge in [0.2, 0.25) is 11.7 Å². The molecule has 2 rings (SSSR count). The molecule has 12 heteroatoms. The summed E-state index contributed by atoms with van der Waals surface area (Å²) < 4.78 is 5.64. The Hall–Kier alpha value is -2.99. The largest absolute Gasteiger partial charge is 0.370 e. The summed E-state index contributed by atoms with van der Waals surface area (Å²) in [7, 11) is 0. The van der Waals surface area contributed by atoms with Crippen LogP contribution in [0.1, 0.15) is 24.6 Å². The maximum Gasteiger partial charge on any atom is 0.223 e. The molecule has 11 nitrogen and oxygen atoms in total. The Morgan fingerprint density at radius 3 is 2.86 bits per heavy atom. The molecule has 1 amide bonds. The van der Waals surface area contributed by atoms with Crippen LogP contribution >= 0.6 is 15.9 Å². The number of aromatic nitrogens is 2. The number of aliphatic imine (C=N–C) groups is 2. The molecule has 0 unspecified atom stereocenters. The summed E-state index contributed by atoms with van der Waals surface area (Å²) in [4.78, 5) is 19.2. The molecule has 0 aliphatic rings. The summed E-state index contributed by atoms with van der Waals surface area (Å²) in [5.41, 5.74) is 9.43. The zero-order valence-electron chi connectivity index (χ0n) is 15.4. The van der Waals surface area contributed by atoms with Crippen LogP contribution in [0.25, 0.3) is 0 Å². The fourth-order valence-electron chi connectivity index (χ4n) is 2.08. The first-order chi connectivity index (χ1) is 13.4. The minimum absolute atomic E-state index is 0.0689. The van der Waals surface area contributed by atoms with Crippen molar-refractivity contribution in [2.45, 2.75) is 20.3 Å². The van der Waals surface area contributed by atoms with E-state index < -0.39 is 0 Å². The van der Waals surface area contributed by atoms with E-state index in [1.54, 1.807) is 6.07 Å². The summed E-state index contributed by atoms with van der Waals surface area (Å²) in [6, 6.07) is 5.51. The van der Waals surface area contributed by atoms with Crippen LogP contribution in [0, 0.1) is 6.92 Å². The summed E-state index contributed by atoms with van der Waals surface area (Å²) in [5.74, 6) is 0.179. The lowest BCUT2D eigenvalue weighted by molar-refractivity contribution is -0.117. The monoisotopic (exact) mass is 452 g/mol. The van der Waals surface area contributed by atoms with Crippen molar-refractivity contribution in [3.05, 3.63) is 33.9 Å². The number of rotatable bonds is 7. The molecule has 1 aromatic carbocycles. The van der Waals surface area contributed by atoms with Gasteiger partial charge in [0.25, 0.3) is 0 Å². The highest BCUT2D eigenvalue weighted by Crippen LogP contribution is 2.23. The fourth-order valence-corrected chi connectivity index (χ4v) is 2.44. The van der Waals surface area contributed by atoms with Crippen molar-refractivity contribution >= 4 is 45.1 Å². The molecule has 0 radical (unpaired) electrons. The van der Waals surface area contributed by atoms with Crippen molar-refractivity contribution in [1.29, 1.82) is 0 Å². The van der Waals surface area contributed by atoms with Gasteiger partial charge in [0, 0.05) is 24.5 Å². The van der Waals surface area contributed by atoms with Crippen LogP contribution in [0.5, 0.6) is 0 Å². The van der Waals surface area contributed by atoms with E-state index in [9.17, 15) is 10.0 Å². The first-order valence-corrected chi connectivity index (χ1v) is 9.09. The van der Waals surface area contributed by atoms with E-state index in [1.807, 2.05) is 24.5 Å². The van der Waals surface area contributed by atoms with Gasteiger partial charge in [-0.05, 0) is 41.4 Å². The number of carbonyl (C=O) groups is 1. The molecule has 0 spiro atoms. The molecule has 0 bridgehead atoms. The van der Waals surface area contributed by atoms with Crippen LogP contribution in [0.2, 0.25) is 0 Å². The van der Waals surface area contributed by atoms with Gasteiger partial charge in [-0.15, -0.1) is 0 Å². The molecule has 0 atom stereocenters. The number of amidine groups is 1. The number of carbonyl (C=O) groups excluding carboxylic acids is 1. The van der Waals surface area contributed by atoms with Crippen LogP contribution in [0.3, 0.4) is 0 Å². The van der Waals surface area contributed by atoms with Crippen LogP contribution in [0.4, 0.5) is 11.5 Å². The lowest BCUT2D eigenvalue weighted by Crippen LogP contribution is -2.35. The van der Waals surface area contributed by atoms with Gasteiger partial charge in [0.15, 0.2) is 17.5 Å². The number of hydrogen-bond acceptors (Lipinski definition) is 8. The molecule has 0 fully saturated rings. The zero-order valence-corrected chi connectivity index (χ0v) is 16.9. The Labute approximate surface area is 169 Å². The molecular weight excluding hydrogens is 432 g/mol.